The molecule has 0 atom stereocenters. The first-order valence-corrected chi connectivity index (χ1v) is 6.95. The molecular weight excluding hydrogens is 264 g/mol. The van der Waals surface area contributed by atoms with E-state index in [0.717, 1.165) is 40.3 Å². The number of nitrogen functional groups attached to an aromatic ring is 1. The third-order valence-corrected chi connectivity index (χ3v) is 3.43. The van der Waals surface area contributed by atoms with Gasteiger partial charge in [0.15, 0.2) is 5.82 Å². The normalized spacial score (nSPS) is 11.0. The minimum atomic E-state index is 0.612. The number of nitrogens with one attached hydrogen (secondary N) is 1. The summed E-state index contributed by atoms with van der Waals surface area (Å²) in [5.74, 6) is 0.906. The van der Waals surface area contributed by atoms with Crippen molar-refractivity contribution in [2.24, 2.45) is 0 Å². The number of aromatic nitrogens is 4. The van der Waals surface area contributed by atoms with Crippen LogP contribution in [-0.2, 0) is 13.1 Å². The quantitative estimate of drug-likeness (QED) is 0.718. The molecule has 0 fully saturated rings. The Balaban J connectivity index is 1.94. The Labute approximate surface area is 123 Å². The van der Waals surface area contributed by atoms with E-state index in [4.69, 9.17) is 5.73 Å². The van der Waals surface area contributed by atoms with Crippen molar-refractivity contribution in [2.75, 3.05) is 11.1 Å². The van der Waals surface area contributed by atoms with E-state index < -0.39 is 0 Å². The smallest absolute Gasteiger partial charge is 0.152 e. The number of benzene rings is 1. The average Bonchev–Trinajstić information content (AvgIpc) is 2.92. The Morgan fingerprint density at radius 1 is 1.29 bits per heavy atom. The molecule has 0 amide bonds. The van der Waals surface area contributed by atoms with Crippen molar-refractivity contribution in [2.45, 2.75) is 26.9 Å². The van der Waals surface area contributed by atoms with Crippen LogP contribution in [0.4, 0.5) is 11.4 Å². The first kappa shape index (κ1) is 13.4. The van der Waals surface area contributed by atoms with Gasteiger partial charge in [-0.1, -0.05) is 0 Å². The lowest BCUT2D eigenvalue weighted by molar-refractivity contribution is 0.708. The maximum absolute atomic E-state index is 5.89. The summed E-state index contributed by atoms with van der Waals surface area (Å²) in [4.78, 5) is 4.53. The third-order valence-electron chi connectivity index (χ3n) is 3.43. The lowest BCUT2D eigenvalue weighted by Crippen LogP contribution is -2.08. The van der Waals surface area contributed by atoms with Gasteiger partial charge in [-0.2, -0.15) is 0 Å². The summed E-state index contributed by atoms with van der Waals surface area (Å²) in [5, 5.41) is 12.5. The number of fused-ring (bicyclic) bond motifs is 1. The third kappa shape index (κ3) is 2.65. The fourth-order valence-electron chi connectivity index (χ4n) is 2.38. The molecule has 2 aromatic heterocycles. The first-order chi connectivity index (χ1) is 10.2. The largest absolute Gasteiger partial charge is 0.399 e. The lowest BCUT2D eigenvalue weighted by Gasteiger charge is -2.11. The number of aryl methyl sites for hydroxylation is 2. The van der Waals surface area contributed by atoms with Crippen LogP contribution in [0.3, 0.4) is 0 Å². The van der Waals surface area contributed by atoms with Gasteiger partial charge in [-0.25, -0.2) is 0 Å². The monoisotopic (exact) mass is 282 g/mol. The molecule has 3 N–H and O–H groups in total. The zero-order chi connectivity index (χ0) is 14.8. The Morgan fingerprint density at radius 3 is 2.95 bits per heavy atom. The maximum Gasteiger partial charge on any atom is 0.152 e. The molecule has 0 radical (unpaired) electrons. The van der Waals surface area contributed by atoms with Gasteiger partial charge in [0, 0.05) is 29.0 Å². The Morgan fingerprint density at radius 2 is 2.14 bits per heavy atom. The molecule has 0 aliphatic heterocycles. The molecule has 0 saturated heterocycles. The molecule has 0 bridgehead atoms. The van der Waals surface area contributed by atoms with Crippen LogP contribution < -0.4 is 11.1 Å². The van der Waals surface area contributed by atoms with Crippen molar-refractivity contribution in [3.63, 3.8) is 0 Å². The van der Waals surface area contributed by atoms with Crippen LogP contribution in [0.15, 0.2) is 30.6 Å². The van der Waals surface area contributed by atoms with Gasteiger partial charge in [-0.05, 0) is 38.1 Å². The molecule has 21 heavy (non-hydrogen) atoms. The second kappa shape index (κ2) is 5.40. The van der Waals surface area contributed by atoms with Crippen molar-refractivity contribution in [1.29, 1.82) is 0 Å². The van der Waals surface area contributed by atoms with E-state index in [0.29, 0.717) is 6.54 Å². The van der Waals surface area contributed by atoms with Crippen LogP contribution in [-0.4, -0.2) is 19.7 Å². The standard InChI is InChI=1S/C15H18N6/c1-3-21-9-18-20-15(21)8-17-14-6-10(2)19-13-5-4-11(16)7-12(13)14/h4-7,9H,3,8,16H2,1-2H3,(H,17,19). The van der Waals surface area contributed by atoms with Gasteiger partial charge in [-0.3, -0.25) is 4.98 Å². The topological polar surface area (TPSA) is 81.7 Å². The number of hydrogen-bond acceptors (Lipinski definition) is 5. The van der Waals surface area contributed by atoms with Gasteiger partial charge in [0.2, 0.25) is 0 Å². The van der Waals surface area contributed by atoms with Crippen LogP contribution in [0, 0.1) is 6.92 Å². The number of pyridine rings is 1. The average molecular weight is 282 g/mol. The number of hydrogen-bond donors (Lipinski definition) is 2. The molecule has 6 heteroatoms. The number of rotatable bonds is 4. The lowest BCUT2D eigenvalue weighted by atomic mass is 10.1. The number of nitrogens with zero attached hydrogens (tertiary/aromatic N) is 4. The minimum Gasteiger partial charge on any atom is -0.399 e. The summed E-state index contributed by atoms with van der Waals surface area (Å²) in [5.41, 5.74) is 9.52. The molecule has 1 aromatic carbocycles. The van der Waals surface area contributed by atoms with Crippen molar-refractivity contribution in [3.8, 4) is 0 Å². The molecule has 6 nitrogen and oxygen atoms in total. The summed E-state index contributed by atoms with van der Waals surface area (Å²) >= 11 is 0. The van der Waals surface area contributed by atoms with E-state index in [-0.39, 0.29) is 0 Å². The van der Waals surface area contributed by atoms with Crippen molar-refractivity contribution in [1.82, 2.24) is 19.7 Å². The highest BCUT2D eigenvalue weighted by atomic mass is 15.3. The van der Waals surface area contributed by atoms with Crippen LogP contribution in [0.1, 0.15) is 18.4 Å². The molecule has 0 spiro atoms. The van der Waals surface area contributed by atoms with Gasteiger partial charge < -0.3 is 15.6 Å². The molecule has 3 aromatic rings. The molecule has 2 heterocycles. The summed E-state index contributed by atoms with van der Waals surface area (Å²) in [6.07, 6.45) is 1.74. The highest BCUT2D eigenvalue weighted by molar-refractivity contribution is 5.93. The van der Waals surface area contributed by atoms with Crippen LogP contribution >= 0.6 is 0 Å². The summed E-state index contributed by atoms with van der Waals surface area (Å²) in [6, 6.07) is 7.77. The zero-order valence-corrected chi connectivity index (χ0v) is 12.2. The van der Waals surface area contributed by atoms with E-state index in [1.54, 1.807) is 6.33 Å². The van der Waals surface area contributed by atoms with E-state index >= 15 is 0 Å². The van der Waals surface area contributed by atoms with Crippen LogP contribution in [0.5, 0.6) is 0 Å². The molecule has 0 saturated carbocycles. The maximum atomic E-state index is 5.89. The second-order valence-electron chi connectivity index (χ2n) is 4.97. The van der Waals surface area contributed by atoms with Crippen molar-refractivity contribution in [3.05, 3.63) is 42.1 Å². The molecular formula is C15H18N6. The molecule has 3 rings (SSSR count). The van der Waals surface area contributed by atoms with Crippen LogP contribution in [0.25, 0.3) is 10.9 Å². The van der Waals surface area contributed by atoms with Gasteiger partial charge in [0.05, 0.1) is 12.1 Å². The first-order valence-electron chi connectivity index (χ1n) is 6.95. The van der Waals surface area contributed by atoms with Gasteiger partial charge in [0.1, 0.15) is 6.33 Å². The number of anilines is 2. The van der Waals surface area contributed by atoms with Gasteiger partial charge in [-0.15, -0.1) is 10.2 Å². The van der Waals surface area contributed by atoms with E-state index in [1.165, 1.54) is 0 Å². The Hall–Kier alpha value is -2.63. The zero-order valence-electron chi connectivity index (χ0n) is 12.2. The summed E-state index contributed by atoms with van der Waals surface area (Å²) in [7, 11) is 0. The fraction of sp³-hybridized carbons (Fsp3) is 0.267. The van der Waals surface area contributed by atoms with Crippen molar-refractivity contribution < 1.29 is 0 Å². The van der Waals surface area contributed by atoms with E-state index in [9.17, 15) is 0 Å². The SMILES string of the molecule is CCn1cnnc1CNc1cc(C)nc2ccc(N)cc12. The predicted octanol–water partition coefficient (Wildman–Crippen LogP) is 2.35. The number of nitrogens with two attached hydrogens (primary N) is 1. The molecule has 0 aliphatic rings. The van der Waals surface area contributed by atoms with Crippen molar-refractivity contribution >= 4 is 22.3 Å². The van der Waals surface area contributed by atoms with E-state index in [2.05, 4.69) is 27.4 Å². The van der Waals surface area contributed by atoms with Gasteiger partial charge >= 0.3 is 0 Å². The Kier molecular flexibility index (Phi) is 3.43. The predicted molar refractivity (Wildman–Crippen MR) is 83.9 cm³/mol. The van der Waals surface area contributed by atoms with Gasteiger partial charge in [0.25, 0.3) is 0 Å². The second-order valence-corrected chi connectivity index (χ2v) is 4.97. The highest BCUT2D eigenvalue weighted by Gasteiger charge is 2.07. The van der Waals surface area contributed by atoms with Crippen LogP contribution in [0.2, 0.25) is 0 Å². The van der Waals surface area contributed by atoms with E-state index in [1.807, 2.05) is 35.8 Å². The molecule has 0 aliphatic carbocycles. The Bertz CT molecular complexity index is 777. The molecule has 108 valence electrons. The summed E-state index contributed by atoms with van der Waals surface area (Å²) in [6.45, 7) is 5.52. The highest BCUT2D eigenvalue weighted by Crippen LogP contribution is 2.25. The summed E-state index contributed by atoms with van der Waals surface area (Å²) < 4.78 is 2.01. The fourth-order valence-corrected chi connectivity index (χ4v) is 2.38. The minimum absolute atomic E-state index is 0.612. The molecule has 0 unspecified atom stereocenters.